The Morgan fingerprint density at radius 1 is 0.815 bits per heavy atom. The van der Waals surface area contributed by atoms with E-state index in [2.05, 4.69) is 32.8 Å². The third-order valence-electron chi connectivity index (χ3n) is 10.5. The summed E-state index contributed by atoms with van der Waals surface area (Å²) in [4.78, 5) is 67.9. The number of fused-ring (bicyclic) bond motifs is 1. The van der Waals surface area contributed by atoms with Crippen molar-refractivity contribution >= 4 is 40.7 Å². The van der Waals surface area contributed by atoms with Crippen LogP contribution in [-0.4, -0.2) is 108 Å². The van der Waals surface area contributed by atoms with Crippen molar-refractivity contribution in [2.24, 2.45) is 16.8 Å². The maximum absolute atomic E-state index is 13.7. The second kappa shape index (κ2) is 16.7. The van der Waals surface area contributed by atoms with Crippen LogP contribution in [0.4, 0.5) is 9.59 Å². The van der Waals surface area contributed by atoms with E-state index < -0.39 is 24.3 Å². The SMILES string of the molecule is COC(=O)N[C@H](C(=O)N1CCC[C@H]1c1nc2ccc(C#Cc3ccc(C4=NCNC4[C@@H]4CCCN4C(=O)[C@@H](NC(=O)OC)C(C)C)cc3)cc2[nH]1)C(C)C. The average Bonchev–Trinajstić information content (AvgIpc) is 4.00. The molecule has 0 aliphatic carbocycles. The fourth-order valence-electron chi connectivity index (χ4n) is 7.63. The molecule has 6 rings (SSSR count). The number of nitrogens with zero attached hydrogens (tertiary/aromatic N) is 4. The van der Waals surface area contributed by atoms with E-state index >= 15 is 0 Å². The summed E-state index contributed by atoms with van der Waals surface area (Å²) in [7, 11) is 2.58. The van der Waals surface area contributed by atoms with Crippen molar-refractivity contribution in [2.45, 2.75) is 83.6 Å². The van der Waals surface area contributed by atoms with E-state index in [1.54, 1.807) is 4.90 Å². The van der Waals surface area contributed by atoms with E-state index in [0.29, 0.717) is 25.6 Å². The van der Waals surface area contributed by atoms with Crippen LogP contribution in [0.2, 0.25) is 0 Å². The minimum atomic E-state index is -0.697. The van der Waals surface area contributed by atoms with Crippen molar-refractivity contribution in [1.82, 2.24) is 35.7 Å². The summed E-state index contributed by atoms with van der Waals surface area (Å²) in [5.74, 6) is 6.77. The van der Waals surface area contributed by atoms with E-state index in [1.807, 2.05) is 75.1 Å². The molecule has 2 fully saturated rings. The van der Waals surface area contributed by atoms with Crippen LogP contribution in [0.1, 0.15) is 81.9 Å². The van der Waals surface area contributed by atoms with Gasteiger partial charge in [0.15, 0.2) is 0 Å². The van der Waals surface area contributed by atoms with E-state index in [9.17, 15) is 19.2 Å². The van der Waals surface area contributed by atoms with Gasteiger partial charge in [0.25, 0.3) is 0 Å². The van der Waals surface area contributed by atoms with Crippen LogP contribution in [-0.2, 0) is 19.1 Å². The van der Waals surface area contributed by atoms with Gasteiger partial charge in [-0.25, -0.2) is 14.6 Å². The number of imidazole rings is 1. The number of hydrogen-bond donors (Lipinski definition) is 4. The first-order valence-corrected chi connectivity index (χ1v) is 18.7. The molecule has 3 aliphatic heterocycles. The van der Waals surface area contributed by atoms with Crippen LogP contribution >= 0.6 is 0 Å². The summed E-state index contributed by atoms with van der Waals surface area (Å²) in [6.45, 7) is 9.28. The van der Waals surface area contributed by atoms with Crippen molar-refractivity contribution in [3.8, 4) is 11.8 Å². The summed E-state index contributed by atoms with van der Waals surface area (Å²) in [5.41, 5.74) is 5.16. The quantitative estimate of drug-likeness (QED) is 0.238. The van der Waals surface area contributed by atoms with Gasteiger partial charge in [-0.05, 0) is 73.4 Å². The number of H-pyrrole nitrogens is 1. The Balaban J connectivity index is 1.13. The number of ether oxygens (including phenoxy) is 2. The zero-order valence-electron chi connectivity index (χ0n) is 31.8. The zero-order chi connectivity index (χ0) is 38.5. The van der Waals surface area contributed by atoms with Gasteiger partial charge in [-0.2, -0.15) is 0 Å². The topological polar surface area (TPSA) is 170 Å². The molecule has 0 radical (unpaired) electrons. The molecule has 286 valence electrons. The molecule has 3 aromatic rings. The minimum Gasteiger partial charge on any atom is -0.453 e. The van der Waals surface area contributed by atoms with Crippen molar-refractivity contribution in [1.29, 1.82) is 0 Å². The second-order valence-corrected chi connectivity index (χ2v) is 14.7. The number of hydrogen-bond acceptors (Lipinski definition) is 9. The van der Waals surface area contributed by atoms with E-state index in [-0.39, 0.29) is 41.8 Å². The van der Waals surface area contributed by atoms with E-state index in [4.69, 9.17) is 19.5 Å². The number of aliphatic imine (C=N–C) groups is 1. The maximum Gasteiger partial charge on any atom is 0.407 e. The van der Waals surface area contributed by atoms with Gasteiger partial charge in [0.2, 0.25) is 11.8 Å². The highest BCUT2D eigenvalue weighted by atomic mass is 16.5. The van der Waals surface area contributed by atoms with Crippen molar-refractivity contribution in [3.63, 3.8) is 0 Å². The summed E-state index contributed by atoms with van der Waals surface area (Å²) < 4.78 is 9.53. The smallest absolute Gasteiger partial charge is 0.407 e. The highest BCUT2D eigenvalue weighted by molar-refractivity contribution is 6.06. The van der Waals surface area contributed by atoms with E-state index in [1.165, 1.54) is 14.2 Å². The Hall–Kier alpha value is -5.42. The molecule has 14 heteroatoms. The molecule has 3 aliphatic rings. The summed E-state index contributed by atoms with van der Waals surface area (Å²) in [6, 6.07) is 12.0. The molecule has 2 saturated heterocycles. The Bertz CT molecular complexity index is 1960. The first-order chi connectivity index (χ1) is 26.0. The fourth-order valence-corrected chi connectivity index (χ4v) is 7.63. The van der Waals surface area contributed by atoms with Gasteiger partial charge in [0.05, 0.1) is 55.8 Å². The highest BCUT2D eigenvalue weighted by Crippen LogP contribution is 2.33. The van der Waals surface area contributed by atoms with Gasteiger partial charge in [-0.3, -0.25) is 19.9 Å². The van der Waals surface area contributed by atoms with E-state index in [0.717, 1.165) is 59.1 Å². The minimum absolute atomic E-state index is 0.0883. The molecular weight excluding hydrogens is 688 g/mol. The monoisotopic (exact) mass is 738 g/mol. The Kier molecular flexibility index (Phi) is 11.9. The summed E-state index contributed by atoms with van der Waals surface area (Å²) in [6.07, 6.45) is 2.07. The van der Waals surface area contributed by atoms with Crippen LogP contribution in [0.15, 0.2) is 47.5 Å². The van der Waals surface area contributed by atoms with Crippen LogP contribution in [0.5, 0.6) is 0 Å². The molecule has 0 saturated carbocycles. The molecule has 4 heterocycles. The number of rotatable bonds is 9. The molecule has 5 atom stereocenters. The largest absolute Gasteiger partial charge is 0.453 e. The third kappa shape index (κ3) is 8.21. The van der Waals surface area contributed by atoms with Crippen LogP contribution < -0.4 is 16.0 Å². The lowest BCUT2D eigenvalue weighted by Crippen LogP contribution is -2.57. The maximum atomic E-state index is 13.7. The first kappa shape index (κ1) is 38.3. The third-order valence-corrected chi connectivity index (χ3v) is 10.5. The van der Waals surface area contributed by atoms with Crippen LogP contribution in [0.3, 0.4) is 0 Å². The van der Waals surface area contributed by atoms with Crippen LogP contribution in [0, 0.1) is 23.7 Å². The molecule has 2 aromatic carbocycles. The lowest BCUT2D eigenvalue weighted by atomic mass is 9.94. The second-order valence-electron chi connectivity index (χ2n) is 14.7. The highest BCUT2D eigenvalue weighted by Gasteiger charge is 2.42. The predicted octanol–water partition coefficient (Wildman–Crippen LogP) is 4.10. The molecule has 0 spiro atoms. The van der Waals surface area contributed by atoms with Crippen molar-refractivity contribution in [2.75, 3.05) is 34.0 Å². The number of alkyl carbamates (subject to hydrolysis) is 2. The molecule has 54 heavy (non-hydrogen) atoms. The number of benzene rings is 2. The lowest BCUT2D eigenvalue weighted by Gasteiger charge is -2.34. The summed E-state index contributed by atoms with van der Waals surface area (Å²) in [5, 5.41) is 8.90. The molecule has 4 N–H and O–H groups in total. The van der Waals surface area contributed by atoms with Gasteiger partial charge in [0, 0.05) is 24.2 Å². The number of aromatic amines is 1. The van der Waals surface area contributed by atoms with Gasteiger partial charge >= 0.3 is 12.2 Å². The van der Waals surface area contributed by atoms with Gasteiger partial charge < -0.3 is 34.9 Å². The zero-order valence-corrected chi connectivity index (χ0v) is 31.8. The number of carbonyl (C=O) groups is 4. The van der Waals surface area contributed by atoms with Crippen LogP contribution in [0.25, 0.3) is 11.0 Å². The molecule has 1 aromatic heterocycles. The van der Waals surface area contributed by atoms with Gasteiger partial charge in [-0.15, -0.1) is 0 Å². The van der Waals surface area contributed by atoms with Gasteiger partial charge in [-0.1, -0.05) is 51.7 Å². The molecule has 4 amide bonds. The Labute approximate surface area is 315 Å². The van der Waals surface area contributed by atoms with Crippen molar-refractivity contribution in [3.05, 3.63) is 65.0 Å². The number of amides is 4. The van der Waals surface area contributed by atoms with Gasteiger partial charge in [0.1, 0.15) is 17.9 Å². The van der Waals surface area contributed by atoms with Crippen molar-refractivity contribution < 1.29 is 28.7 Å². The molecule has 14 nitrogen and oxygen atoms in total. The Morgan fingerprint density at radius 2 is 1.41 bits per heavy atom. The number of aromatic nitrogens is 2. The molecule has 0 bridgehead atoms. The predicted molar refractivity (Wildman–Crippen MR) is 204 cm³/mol. The molecular formula is C40H50N8O6. The number of nitrogens with one attached hydrogen (secondary N) is 4. The number of likely N-dealkylation sites (tertiary alicyclic amines) is 2. The standard InChI is InChI=1S/C40H50N8O6/c1-23(2)32(45-39(51)53-5)37(49)47-19-7-9-30(47)35-34(41-22-42-35)27-16-13-25(14-17-27)11-12-26-15-18-28-29(21-26)44-36(43-28)31-10-8-20-48(31)38(50)33(24(3)4)46-40(52)54-6/h13-18,21,23-24,30-33,35,42H,7-10,19-20,22H2,1-6H3,(H,43,44)(H,45,51)(H,46,52)/t30-,31-,32-,33-,35?/m0/s1. The number of methoxy groups -OCH3 is 2. The lowest BCUT2D eigenvalue weighted by molar-refractivity contribution is -0.136. The molecule has 1 unspecified atom stereocenters. The average molecular weight is 739 g/mol. The number of carbonyl (C=O) groups excluding carboxylic acids is 4. The first-order valence-electron chi connectivity index (χ1n) is 18.7. The normalized spacial score (nSPS) is 20.7. The summed E-state index contributed by atoms with van der Waals surface area (Å²) >= 11 is 0. The Morgan fingerprint density at radius 3 is 2.06 bits per heavy atom. The fraction of sp³-hybridized carbons (Fsp3) is 0.500.